The quantitative estimate of drug-likeness (QED) is 0.764. The maximum atomic E-state index is 12.6. The molecule has 8 nitrogen and oxygen atoms in total. The molecule has 0 radical (unpaired) electrons. The molecule has 0 aromatic carbocycles. The molecule has 1 aromatic heterocycles. The van der Waals surface area contributed by atoms with Crippen LogP contribution in [0.15, 0.2) is 12.4 Å². The highest BCUT2D eigenvalue weighted by atomic mass is 16.2. The van der Waals surface area contributed by atoms with Gasteiger partial charge in [-0.3, -0.25) is 19.1 Å². The van der Waals surface area contributed by atoms with Gasteiger partial charge in [0.15, 0.2) is 0 Å². The van der Waals surface area contributed by atoms with E-state index in [-0.39, 0.29) is 23.6 Å². The molecular weight excluding hydrogens is 358 g/mol. The molecule has 3 fully saturated rings. The number of aryl methyl sites for hydroxylation is 1. The van der Waals surface area contributed by atoms with E-state index in [2.05, 4.69) is 5.10 Å². The third-order valence-corrected chi connectivity index (χ3v) is 6.31. The summed E-state index contributed by atoms with van der Waals surface area (Å²) in [7, 11) is 1.80. The molecule has 4 rings (SSSR count). The number of likely N-dealkylation sites (tertiary alicyclic amines) is 3. The lowest BCUT2D eigenvalue weighted by Gasteiger charge is -2.33. The zero-order chi connectivity index (χ0) is 19.7. The molecule has 3 saturated heterocycles. The first kappa shape index (κ1) is 19.0. The average molecular weight is 387 g/mol. The van der Waals surface area contributed by atoms with Crippen molar-refractivity contribution in [2.45, 2.75) is 32.1 Å². The van der Waals surface area contributed by atoms with Crippen molar-refractivity contribution in [1.29, 1.82) is 0 Å². The highest BCUT2D eigenvalue weighted by Gasteiger charge is 2.38. The van der Waals surface area contributed by atoms with Gasteiger partial charge >= 0.3 is 0 Å². The van der Waals surface area contributed by atoms with Crippen LogP contribution in [0.5, 0.6) is 0 Å². The molecule has 152 valence electrons. The summed E-state index contributed by atoms with van der Waals surface area (Å²) in [4.78, 5) is 43.2. The number of hydrogen-bond acceptors (Lipinski definition) is 4. The summed E-state index contributed by atoms with van der Waals surface area (Å²) in [6, 6.07) is 0. The van der Waals surface area contributed by atoms with Gasteiger partial charge in [0.25, 0.3) is 5.91 Å². The minimum atomic E-state index is -0.169. The highest BCUT2D eigenvalue weighted by molar-refractivity contribution is 5.93. The lowest BCUT2D eigenvalue weighted by atomic mass is 9.96. The highest BCUT2D eigenvalue weighted by Crippen LogP contribution is 2.26. The minimum Gasteiger partial charge on any atom is -0.342 e. The molecular formula is C20H29N5O3. The number of nitrogens with zero attached hydrogens (tertiary/aromatic N) is 5. The Bertz CT molecular complexity index is 747. The molecule has 0 aliphatic carbocycles. The normalized spacial score (nSPS) is 23.7. The molecule has 1 atom stereocenters. The third-order valence-electron chi connectivity index (χ3n) is 6.31. The molecule has 3 aliphatic heterocycles. The van der Waals surface area contributed by atoms with Gasteiger partial charge in [0.05, 0.1) is 17.7 Å². The Labute approximate surface area is 165 Å². The lowest BCUT2D eigenvalue weighted by molar-refractivity contribution is -0.134. The fourth-order valence-electron chi connectivity index (χ4n) is 4.65. The van der Waals surface area contributed by atoms with Crippen LogP contribution in [0, 0.1) is 11.8 Å². The Morgan fingerprint density at radius 2 is 1.82 bits per heavy atom. The van der Waals surface area contributed by atoms with Gasteiger partial charge < -0.3 is 14.7 Å². The first-order valence-electron chi connectivity index (χ1n) is 10.4. The number of carbonyl (C=O) groups is 3. The Kier molecular flexibility index (Phi) is 5.37. The van der Waals surface area contributed by atoms with Crippen molar-refractivity contribution in [1.82, 2.24) is 24.5 Å². The van der Waals surface area contributed by atoms with Crippen molar-refractivity contribution < 1.29 is 14.4 Å². The summed E-state index contributed by atoms with van der Waals surface area (Å²) in [5.41, 5.74) is 0.624. The first-order valence-corrected chi connectivity index (χ1v) is 10.4. The Morgan fingerprint density at radius 1 is 1.11 bits per heavy atom. The second-order valence-corrected chi connectivity index (χ2v) is 8.37. The van der Waals surface area contributed by atoms with Crippen LogP contribution in [0.3, 0.4) is 0 Å². The van der Waals surface area contributed by atoms with Crippen LogP contribution in [0.2, 0.25) is 0 Å². The number of hydrogen-bond donors (Lipinski definition) is 0. The summed E-state index contributed by atoms with van der Waals surface area (Å²) in [6.07, 6.45) is 7.64. The fourth-order valence-corrected chi connectivity index (χ4v) is 4.65. The zero-order valence-corrected chi connectivity index (χ0v) is 16.5. The van der Waals surface area contributed by atoms with Gasteiger partial charge in [-0.1, -0.05) is 0 Å². The number of rotatable bonds is 4. The van der Waals surface area contributed by atoms with Gasteiger partial charge in [0.2, 0.25) is 11.8 Å². The van der Waals surface area contributed by atoms with E-state index in [0.29, 0.717) is 44.1 Å². The molecule has 3 aliphatic rings. The van der Waals surface area contributed by atoms with Gasteiger partial charge in [-0.05, 0) is 31.6 Å². The van der Waals surface area contributed by atoms with Crippen LogP contribution in [0.25, 0.3) is 0 Å². The third kappa shape index (κ3) is 3.91. The number of carbonyl (C=O) groups excluding carboxylic acids is 3. The maximum Gasteiger partial charge on any atom is 0.257 e. The van der Waals surface area contributed by atoms with E-state index < -0.39 is 0 Å². The molecule has 1 unspecified atom stereocenters. The van der Waals surface area contributed by atoms with Crippen molar-refractivity contribution in [3.63, 3.8) is 0 Å². The average Bonchev–Trinajstić information content (AvgIpc) is 3.44. The van der Waals surface area contributed by atoms with E-state index in [4.69, 9.17) is 0 Å². The van der Waals surface area contributed by atoms with E-state index in [1.807, 2.05) is 14.7 Å². The molecule has 1 aromatic rings. The summed E-state index contributed by atoms with van der Waals surface area (Å²) >= 11 is 0. The monoisotopic (exact) mass is 387 g/mol. The number of aromatic nitrogens is 2. The predicted octanol–water partition coefficient (Wildman–Crippen LogP) is 0.743. The van der Waals surface area contributed by atoms with Crippen LogP contribution < -0.4 is 0 Å². The first-order chi connectivity index (χ1) is 13.5. The molecule has 8 heteroatoms. The molecule has 4 heterocycles. The van der Waals surface area contributed by atoms with E-state index >= 15 is 0 Å². The SMILES string of the molecule is Cn1cc(C(=O)N2CCC(CN3CC(C(=O)N4CCCC4)CC3=O)CC2)cn1. The van der Waals surface area contributed by atoms with E-state index in [1.165, 1.54) is 0 Å². The predicted molar refractivity (Wildman–Crippen MR) is 102 cm³/mol. The van der Waals surface area contributed by atoms with Crippen LogP contribution in [0.1, 0.15) is 42.5 Å². The van der Waals surface area contributed by atoms with Crippen LogP contribution >= 0.6 is 0 Å². The molecule has 0 saturated carbocycles. The Balaban J connectivity index is 1.26. The van der Waals surface area contributed by atoms with Gasteiger partial charge in [-0.2, -0.15) is 5.10 Å². The fraction of sp³-hybridized carbons (Fsp3) is 0.700. The van der Waals surface area contributed by atoms with Crippen molar-refractivity contribution in [3.8, 4) is 0 Å². The Morgan fingerprint density at radius 3 is 2.46 bits per heavy atom. The van der Waals surface area contributed by atoms with Gasteiger partial charge in [-0.25, -0.2) is 0 Å². The van der Waals surface area contributed by atoms with Gasteiger partial charge in [0, 0.05) is 58.9 Å². The number of amides is 3. The number of piperidine rings is 1. The smallest absolute Gasteiger partial charge is 0.257 e. The lowest BCUT2D eigenvalue weighted by Crippen LogP contribution is -2.42. The summed E-state index contributed by atoms with van der Waals surface area (Å²) in [6.45, 7) is 4.35. The Hall–Kier alpha value is -2.38. The molecule has 0 N–H and O–H groups in total. The summed E-state index contributed by atoms with van der Waals surface area (Å²) in [5, 5.41) is 4.07. The molecule has 28 heavy (non-hydrogen) atoms. The van der Waals surface area contributed by atoms with E-state index in [1.54, 1.807) is 24.1 Å². The van der Waals surface area contributed by atoms with E-state index in [9.17, 15) is 14.4 Å². The summed E-state index contributed by atoms with van der Waals surface area (Å²) in [5.74, 6) is 0.511. The van der Waals surface area contributed by atoms with Crippen molar-refractivity contribution in [2.75, 3.05) is 39.3 Å². The van der Waals surface area contributed by atoms with E-state index in [0.717, 1.165) is 38.8 Å². The van der Waals surface area contributed by atoms with Crippen LogP contribution in [0.4, 0.5) is 0 Å². The minimum absolute atomic E-state index is 0.0278. The second kappa shape index (κ2) is 7.93. The van der Waals surface area contributed by atoms with Crippen molar-refractivity contribution in [3.05, 3.63) is 18.0 Å². The standard InChI is InChI=1S/C20H29N5O3/c1-22-13-17(11-21-22)20(28)24-8-4-15(5-9-24)12-25-14-16(10-18(25)26)19(27)23-6-2-3-7-23/h11,13,15-16H,2-10,12,14H2,1H3. The topological polar surface area (TPSA) is 78.8 Å². The van der Waals surface area contributed by atoms with Crippen LogP contribution in [-0.2, 0) is 16.6 Å². The maximum absolute atomic E-state index is 12.6. The van der Waals surface area contributed by atoms with Crippen molar-refractivity contribution in [2.24, 2.45) is 18.9 Å². The van der Waals surface area contributed by atoms with Gasteiger partial charge in [-0.15, -0.1) is 0 Å². The molecule has 3 amide bonds. The second-order valence-electron chi connectivity index (χ2n) is 8.37. The molecule has 0 bridgehead atoms. The molecule has 0 spiro atoms. The largest absolute Gasteiger partial charge is 0.342 e. The summed E-state index contributed by atoms with van der Waals surface area (Å²) < 4.78 is 1.64. The van der Waals surface area contributed by atoms with Gasteiger partial charge in [0.1, 0.15) is 0 Å². The zero-order valence-electron chi connectivity index (χ0n) is 16.5. The van der Waals surface area contributed by atoms with Crippen molar-refractivity contribution >= 4 is 17.7 Å². The van der Waals surface area contributed by atoms with Crippen LogP contribution in [-0.4, -0.2) is 81.5 Å².